The minimum Gasteiger partial charge on any atom is -0.338 e. The van der Waals surface area contributed by atoms with Crippen LogP contribution in [-0.4, -0.2) is 21.9 Å². The summed E-state index contributed by atoms with van der Waals surface area (Å²) in [4.78, 5) is 4.59. The van der Waals surface area contributed by atoms with Gasteiger partial charge in [-0.1, -0.05) is 31.8 Å². The highest BCUT2D eigenvalue weighted by Crippen LogP contribution is 2.38. The van der Waals surface area contributed by atoms with Crippen LogP contribution in [0, 0.1) is 11.8 Å². The van der Waals surface area contributed by atoms with Crippen molar-refractivity contribution in [3.63, 3.8) is 0 Å². The van der Waals surface area contributed by atoms with Gasteiger partial charge in [0.1, 0.15) is 0 Å². The van der Waals surface area contributed by atoms with Crippen molar-refractivity contribution in [2.75, 3.05) is 5.75 Å². The second-order valence-electron chi connectivity index (χ2n) is 6.56. The highest BCUT2D eigenvalue weighted by molar-refractivity contribution is 7.98. The molecule has 0 bridgehead atoms. The third kappa shape index (κ3) is 3.37. The maximum atomic E-state index is 5.48. The number of nitrogens with zero attached hydrogens (tertiary/aromatic N) is 2. The summed E-state index contributed by atoms with van der Waals surface area (Å²) >= 11 is 1.89. The van der Waals surface area contributed by atoms with Crippen LogP contribution in [0.25, 0.3) is 0 Å². The summed E-state index contributed by atoms with van der Waals surface area (Å²) in [7, 11) is 0. The second kappa shape index (κ2) is 6.48. The van der Waals surface area contributed by atoms with E-state index < -0.39 is 0 Å². The summed E-state index contributed by atoms with van der Waals surface area (Å²) < 4.78 is 5.48. The molecule has 4 nitrogen and oxygen atoms in total. The fraction of sp³-hybridized carbons (Fsp3) is 0.867. The van der Waals surface area contributed by atoms with Gasteiger partial charge in [-0.15, -0.1) is 0 Å². The molecule has 3 atom stereocenters. The van der Waals surface area contributed by atoms with Crippen molar-refractivity contribution in [3.05, 3.63) is 11.7 Å². The molecule has 1 aromatic heterocycles. The smallest absolute Gasteiger partial charge is 0.243 e. The minimum absolute atomic E-state index is 0.291. The predicted molar refractivity (Wildman–Crippen MR) is 81.5 cm³/mol. The molecule has 0 radical (unpaired) electrons. The molecule has 2 heterocycles. The van der Waals surface area contributed by atoms with Crippen LogP contribution in [0.3, 0.4) is 0 Å². The van der Waals surface area contributed by atoms with Gasteiger partial charge in [0.25, 0.3) is 0 Å². The summed E-state index contributed by atoms with van der Waals surface area (Å²) in [6.07, 6.45) is 6.59. The van der Waals surface area contributed by atoms with Gasteiger partial charge in [-0.25, -0.2) is 0 Å². The van der Waals surface area contributed by atoms with Gasteiger partial charge in [0.15, 0.2) is 5.82 Å². The Kier molecular flexibility index (Phi) is 4.66. The van der Waals surface area contributed by atoms with Crippen LogP contribution in [0.2, 0.25) is 0 Å². The van der Waals surface area contributed by atoms with E-state index in [9.17, 15) is 0 Å². The van der Waals surface area contributed by atoms with Crippen molar-refractivity contribution < 1.29 is 4.52 Å². The number of hydrogen-bond acceptors (Lipinski definition) is 5. The summed E-state index contributed by atoms with van der Waals surface area (Å²) in [5.41, 5.74) is 0. The maximum absolute atomic E-state index is 5.48. The lowest BCUT2D eigenvalue weighted by Gasteiger charge is -2.24. The number of rotatable bonds is 5. The molecular formula is C15H25N3OS. The Morgan fingerprint density at radius 2 is 2.20 bits per heavy atom. The first-order valence-corrected chi connectivity index (χ1v) is 9.04. The third-order valence-electron chi connectivity index (χ3n) is 4.33. The largest absolute Gasteiger partial charge is 0.338 e. The Morgan fingerprint density at radius 3 is 3.00 bits per heavy atom. The first-order chi connectivity index (χ1) is 9.72. The molecule has 0 spiro atoms. The standard InChI is InChI=1S/C15H25N3OS/c1-10(2)8-20-9-14-17-15(19-18-14)13-7-11-5-3-4-6-12(11)16-13/h10-13,16H,3-9H2,1-2H3. The van der Waals surface area contributed by atoms with E-state index in [1.807, 2.05) is 11.8 Å². The van der Waals surface area contributed by atoms with E-state index in [0.717, 1.165) is 29.1 Å². The van der Waals surface area contributed by atoms with Gasteiger partial charge in [0.2, 0.25) is 5.89 Å². The summed E-state index contributed by atoms with van der Waals surface area (Å²) in [5.74, 6) is 5.20. The van der Waals surface area contributed by atoms with Crippen molar-refractivity contribution in [1.82, 2.24) is 15.5 Å². The van der Waals surface area contributed by atoms with Crippen molar-refractivity contribution in [3.8, 4) is 0 Å². The summed E-state index contributed by atoms with van der Waals surface area (Å²) in [6, 6.07) is 0.971. The van der Waals surface area contributed by atoms with Gasteiger partial charge < -0.3 is 9.84 Å². The number of fused-ring (bicyclic) bond motifs is 1. The maximum Gasteiger partial charge on any atom is 0.243 e. The molecule has 1 N–H and O–H groups in total. The SMILES string of the molecule is CC(C)CSCc1noc(C2CC3CCCCC3N2)n1. The van der Waals surface area contributed by atoms with Crippen LogP contribution in [0.5, 0.6) is 0 Å². The lowest BCUT2D eigenvalue weighted by Crippen LogP contribution is -2.30. The average molecular weight is 295 g/mol. The van der Waals surface area contributed by atoms with E-state index in [-0.39, 0.29) is 0 Å². The van der Waals surface area contributed by atoms with E-state index in [1.54, 1.807) is 0 Å². The van der Waals surface area contributed by atoms with Crippen LogP contribution in [-0.2, 0) is 5.75 Å². The average Bonchev–Trinajstić information content (AvgIpc) is 3.03. The van der Waals surface area contributed by atoms with E-state index in [0.29, 0.717) is 18.0 Å². The fourth-order valence-electron chi connectivity index (χ4n) is 3.36. The molecular weight excluding hydrogens is 270 g/mol. The van der Waals surface area contributed by atoms with Crippen LogP contribution in [0.4, 0.5) is 0 Å². The number of hydrogen-bond donors (Lipinski definition) is 1. The van der Waals surface area contributed by atoms with Crippen LogP contribution < -0.4 is 5.32 Å². The minimum atomic E-state index is 0.291. The zero-order valence-corrected chi connectivity index (χ0v) is 13.3. The number of aromatic nitrogens is 2. The summed E-state index contributed by atoms with van der Waals surface area (Å²) in [6.45, 7) is 4.47. The van der Waals surface area contributed by atoms with E-state index in [4.69, 9.17) is 4.52 Å². The molecule has 20 heavy (non-hydrogen) atoms. The monoisotopic (exact) mass is 295 g/mol. The van der Waals surface area contributed by atoms with Gasteiger partial charge in [-0.2, -0.15) is 16.7 Å². The van der Waals surface area contributed by atoms with E-state index in [2.05, 4.69) is 29.3 Å². The lowest BCUT2D eigenvalue weighted by atomic mass is 9.85. The Hall–Kier alpha value is -0.550. The molecule has 5 heteroatoms. The first kappa shape index (κ1) is 14.4. The molecule has 2 fully saturated rings. The molecule has 3 rings (SSSR count). The Balaban J connectivity index is 1.54. The molecule has 2 aliphatic rings. The van der Waals surface area contributed by atoms with Crippen LogP contribution >= 0.6 is 11.8 Å². The quantitative estimate of drug-likeness (QED) is 0.900. The first-order valence-electron chi connectivity index (χ1n) is 7.88. The molecule has 0 amide bonds. The van der Waals surface area contributed by atoms with Gasteiger partial charge >= 0.3 is 0 Å². The summed E-state index contributed by atoms with van der Waals surface area (Å²) in [5, 5.41) is 7.82. The van der Waals surface area contributed by atoms with Crippen molar-refractivity contribution in [1.29, 1.82) is 0 Å². The molecule has 112 valence electrons. The van der Waals surface area contributed by atoms with Gasteiger partial charge in [-0.05, 0) is 36.9 Å². The number of thioether (sulfide) groups is 1. The second-order valence-corrected chi connectivity index (χ2v) is 7.59. The third-order valence-corrected chi connectivity index (χ3v) is 5.69. The highest BCUT2D eigenvalue weighted by atomic mass is 32.2. The van der Waals surface area contributed by atoms with Crippen molar-refractivity contribution in [2.24, 2.45) is 11.8 Å². The number of nitrogens with one attached hydrogen (secondary N) is 1. The normalized spacial score (nSPS) is 29.9. The van der Waals surface area contributed by atoms with Crippen LogP contribution in [0.15, 0.2) is 4.52 Å². The molecule has 1 aliphatic carbocycles. The Labute approximate surface area is 125 Å². The van der Waals surface area contributed by atoms with Gasteiger partial charge in [-0.3, -0.25) is 0 Å². The Morgan fingerprint density at radius 1 is 1.35 bits per heavy atom. The van der Waals surface area contributed by atoms with Gasteiger partial charge in [0, 0.05) is 6.04 Å². The molecule has 1 aromatic rings. The molecule has 1 aliphatic heterocycles. The zero-order chi connectivity index (χ0) is 13.9. The Bertz CT molecular complexity index is 421. The fourth-order valence-corrected chi connectivity index (χ4v) is 4.25. The lowest BCUT2D eigenvalue weighted by molar-refractivity contribution is 0.324. The molecule has 1 saturated carbocycles. The van der Waals surface area contributed by atoms with Crippen molar-refractivity contribution >= 4 is 11.8 Å². The van der Waals surface area contributed by atoms with Gasteiger partial charge in [0.05, 0.1) is 11.8 Å². The zero-order valence-electron chi connectivity index (χ0n) is 12.5. The predicted octanol–water partition coefficient (Wildman–Crippen LogP) is 3.55. The van der Waals surface area contributed by atoms with Crippen molar-refractivity contribution in [2.45, 2.75) is 63.8 Å². The van der Waals surface area contributed by atoms with E-state index >= 15 is 0 Å². The van der Waals surface area contributed by atoms with Crippen LogP contribution in [0.1, 0.15) is 63.7 Å². The van der Waals surface area contributed by atoms with E-state index in [1.165, 1.54) is 32.1 Å². The highest BCUT2D eigenvalue weighted by Gasteiger charge is 2.38. The topological polar surface area (TPSA) is 51.0 Å². The molecule has 3 unspecified atom stereocenters. The molecule has 0 aromatic carbocycles. The molecule has 1 saturated heterocycles.